The molecule has 3 rings (SSSR count). The Bertz CT molecular complexity index is 747. The van der Waals surface area contributed by atoms with Crippen LogP contribution in [0, 0.1) is 6.07 Å². The molecule has 0 aliphatic rings. The number of hydrogen-bond acceptors (Lipinski definition) is 2. The summed E-state index contributed by atoms with van der Waals surface area (Å²) < 4.78 is 0. The molecular formula is C20H14NO2. The lowest BCUT2D eigenvalue weighted by Crippen LogP contribution is -2.37. The van der Waals surface area contributed by atoms with Crippen LogP contribution in [0.4, 0.5) is 5.69 Å². The van der Waals surface area contributed by atoms with Crippen LogP contribution in [0.3, 0.4) is 0 Å². The number of carbonyl (C=O) groups is 2. The highest BCUT2D eigenvalue weighted by atomic mass is 16.2. The summed E-state index contributed by atoms with van der Waals surface area (Å²) in [4.78, 5) is 26.8. The first-order valence-corrected chi connectivity index (χ1v) is 7.23. The fourth-order valence-corrected chi connectivity index (χ4v) is 2.25. The van der Waals surface area contributed by atoms with Gasteiger partial charge in [-0.3, -0.25) is 9.59 Å². The molecule has 1 radical (unpaired) electrons. The van der Waals surface area contributed by atoms with Gasteiger partial charge in [0.25, 0.3) is 11.8 Å². The largest absolute Gasteiger partial charge is 0.268 e. The van der Waals surface area contributed by atoms with Crippen molar-refractivity contribution in [2.45, 2.75) is 0 Å². The summed E-state index contributed by atoms with van der Waals surface area (Å²) in [6, 6.07) is 27.4. The third-order valence-electron chi connectivity index (χ3n) is 3.38. The van der Waals surface area contributed by atoms with E-state index in [2.05, 4.69) is 6.07 Å². The van der Waals surface area contributed by atoms with Crippen molar-refractivity contribution in [2.75, 3.05) is 4.90 Å². The minimum atomic E-state index is -0.373. The van der Waals surface area contributed by atoms with Gasteiger partial charge in [0.1, 0.15) is 0 Å². The van der Waals surface area contributed by atoms with Crippen LogP contribution in [0.2, 0.25) is 0 Å². The van der Waals surface area contributed by atoms with Crippen LogP contribution < -0.4 is 4.90 Å². The highest BCUT2D eigenvalue weighted by Crippen LogP contribution is 2.19. The first-order valence-electron chi connectivity index (χ1n) is 7.23. The molecule has 0 bridgehead atoms. The maximum absolute atomic E-state index is 12.8. The molecule has 3 heteroatoms. The van der Waals surface area contributed by atoms with E-state index in [1.807, 2.05) is 12.1 Å². The third kappa shape index (κ3) is 3.19. The van der Waals surface area contributed by atoms with Crippen LogP contribution in [0.1, 0.15) is 20.7 Å². The Balaban J connectivity index is 2.05. The molecule has 0 saturated carbocycles. The normalized spacial score (nSPS) is 10.1. The van der Waals surface area contributed by atoms with Gasteiger partial charge in [0.15, 0.2) is 0 Å². The van der Waals surface area contributed by atoms with Gasteiger partial charge in [0.05, 0.1) is 5.69 Å². The molecule has 3 aromatic rings. The van der Waals surface area contributed by atoms with Crippen LogP contribution in [0.15, 0.2) is 84.9 Å². The number of nitrogens with zero attached hydrogens (tertiary/aromatic N) is 1. The topological polar surface area (TPSA) is 37.4 Å². The van der Waals surface area contributed by atoms with Gasteiger partial charge in [-0.1, -0.05) is 54.6 Å². The Kier molecular flexibility index (Phi) is 4.29. The Morgan fingerprint density at radius 1 is 0.652 bits per heavy atom. The van der Waals surface area contributed by atoms with E-state index in [-0.39, 0.29) is 11.8 Å². The van der Waals surface area contributed by atoms with E-state index < -0.39 is 0 Å². The molecule has 0 atom stereocenters. The van der Waals surface area contributed by atoms with Crippen molar-refractivity contribution in [3.05, 3.63) is 102 Å². The van der Waals surface area contributed by atoms with Crippen molar-refractivity contribution in [3.63, 3.8) is 0 Å². The highest BCUT2D eigenvalue weighted by Gasteiger charge is 2.25. The van der Waals surface area contributed by atoms with Gasteiger partial charge in [-0.2, -0.15) is 0 Å². The zero-order chi connectivity index (χ0) is 16.1. The number of imide groups is 1. The Hall–Kier alpha value is -3.20. The van der Waals surface area contributed by atoms with Crippen LogP contribution in [-0.2, 0) is 0 Å². The van der Waals surface area contributed by atoms with Crippen LogP contribution in [-0.4, -0.2) is 11.8 Å². The zero-order valence-corrected chi connectivity index (χ0v) is 12.3. The average Bonchev–Trinajstić information content (AvgIpc) is 2.64. The van der Waals surface area contributed by atoms with E-state index in [4.69, 9.17) is 0 Å². The summed E-state index contributed by atoms with van der Waals surface area (Å²) in [5, 5.41) is 0. The molecule has 0 saturated heterocycles. The number of anilines is 1. The summed E-state index contributed by atoms with van der Waals surface area (Å²) in [6.45, 7) is 0. The minimum absolute atomic E-state index is 0.373. The monoisotopic (exact) mass is 300 g/mol. The van der Waals surface area contributed by atoms with Gasteiger partial charge >= 0.3 is 0 Å². The molecule has 3 aromatic carbocycles. The predicted molar refractivity (Wildman–Crippen MR) is 89.3 cm³/mol. The van der Waals surface area contributed by atoms with Crippen LogP contribution >= 0.6 is 0 Å². The van der Waals surface area contributed by atoms with E-state index in [1.165, 1.54) is 0 Å². The average molecular weight is 300 g/mol. The SMILES string of the molecule is O=C(c1ccccc1)N(C(=O)c1ccccc1)c1[c]cccc1. The number of benzene rings is 3. The molecule has 23 heavy (non-hydrogen) atoms. The summed E-state index contributed by atoms with van der Waals surface area (Å²) in [6.07, 6.45) is 0. The Morgan fingerprint density at radius 2 is 1.13 bits per heavy atom. The van der Waals surface area contributed by atoms with Gasteiger partial charge in [-0.25, -0.2) is 4.90 Å². The first-order chi connectivity index (χ1) is 11.3. The quantitative estimate of drug-likeness (QED) is 0.686. The van der Waals surface area contributed by atoms with Crippen LogP contribution in [0.25, 0.3) is 0 Å². The van der Waals surface area contributed by atoms with Crippen molar-refractivity contribution in [1.29, 1.82) is 0 Å². The number of amides is 2. The summed E-state index contributed by atoms with van der Waals surface area (Å²) >= 11 is 0. The fraction of sp³-hybridized carbons (Fsp3) is 0. The standard InChI is InChI=1S/C20H14NO2/c22-19(16-10-4-1-5-11-16)21(18-14-8-3-9-15-18)20(23)17-12-6-2-7-13-17/h1-14H. The molecule has 0 aliphatic heterocycles. The van der Waals surface area contributed by atoms with Crippen molar-refractivity contribution in [1.82, 2.24) is 0 Å². The number of carbonyl (C=O) groups excluding carboxylic acids is 2. The molecule has 0 fully saturated rings. The fourth-order valence-electron chi connectivity index (χ4n) is 2.25. The molecule has 0 N–H and O–H groups in total. The Morgan fingerprint density at radius 3 is 1.57 bits per heavy atom. The molecule has 0 aliphatic carbocycles. The van der Waals surface area contributed by atoms with Crippen molar-refractivity contribution in [3.8, 4) is 0 Å². The second-order valence-electron chi connectivity index (χ2n) is 4.93. The van der Waals surface area contributed by atoms with Crippen molar-refractivity contribution in [2.24, 2.45) is 0 Å². The molecule has 0 heterocycles. The second-order valence-corrected chi connectivity index (χ2v) is 4.93. The van der Waals surface area contributed by atoms with E-state index in [1.54, 1.807) is 72.8 Å². The zero-order valence-electron chi connectivity index (χ0n) is 12.3. The molecule has 2 amide bonds. The maximum atomic E-state index is 12.8. The van der Waals surface area contributed by atoms with Crippen molar-refractivity contribution < 1.29 is 9.59 Å². The third-order valence-corrected chi connectivity index (χ3v) is 3.38. The van der Waals surface area contributed by atoms with Crippen molar-refractivity contribution >= 4 is 17.5 Å². The molecule has 0 spiro atoms. The number of para-hydroxylation sites is 1. The van der Waals surface area contributed by atoms with Crippen LogP contribution in [0.5, 0.6) is 0 Å². The second kappa shape index (κ2) is 6.71. The Labute approximate surface area is 134 Å². The van der Waals surface area contributed by atoms with Gasteiger partial charge in [-0.05, 0) is 30.3 Å². The smallest absolute Gasteiger partial charge is 0.265 e. The van der Waals surface area contributed by atoms with Gasteiger partial charge in [0, 0.05) is 17.2 Å². The van der Waals surface area contributed by atoms with Gasteiger partial charge in [-0.15, -0.1) is 0 Å². The number of rotatable bonds is 3. The lowest BCUT2D eigenvalue weighted by molar-refractivity contribution is 0.0897. The summed E-state index contributed by atoms with van der Waals surface area (Å²) in [5.74, 6) is -0.746. The molecular weight excluding hydrogens is 286 g/mol. The molecule has 111 valence electrons. The minimum Gasteiger partial charge on any atom is -0.268 e. The predicted octanol–water partition coefficient (Wildman–Crippen LogP) is 3.97. The molecule has 0 aromatic heterocycles. The van der Waals surface area contributed by atoms with Gasteiger partial charge < -0.3 is 0 Å². The first kappa shape index (κ1) is 14.7. The molecule has 3 nitrogen and oxygen atoms in total. The van der Waals surface area contributed by atoms with E-state index >= 15 is 0 Å². The van der Waals surface area contributed by atoms with E-state index in [0.717, 1.165) is 4.90 Å². The summed E-state index contributed by atoms with van der Waals surface area (Å²) in [5.41, 5.74) is 1.33. The van der Waals surface area contributed by atoms with Gasteiger partial charge in [0.2, 0.25) is 0 Å². The maximum Gasteiger partial charge on any atom is 0.265 e. The molecule has 0 unspecified atom stereocenters. The highest BCUT2D eigenvalue weighted by molar-refractivity contribution is 6.25. The number of hydrogen-bond donors (Lipinski definition) is 0. The lowest BCUT2D eigenvalue weighted by atomic mass is 10.1. The van der Waals surface area contributed by atoms with E-state index in [9.17, 15) is 9.59 Å². The lowest BCUT2D eigenvalue weighted by Gasteiger charge is -2.21. The summed E-state index contributed by atoms with van der Waals surface area (Å²) in [7, 11) is 0. The van der Waals surface area contributed by atoms with E-state index in [0.29, 0.717) is 16.8 Å².